The van der Waals surface area contributed by atoms with Gasteiger partial charge in [0.1, 0.15) is 10.7 Å². The summed E-state index contributed by atoms with van der Waals surface area (Å²) in [5, 5.41) is 4.05. The zero-order valence-corrected chi connectivity index (χ0v) is 6.95. The van der Waals surface area contributed by atoms with Crippen LogP contribution in [-0.4, -0.2) is 19.6 Å². The van der Waals surface area contributed by atoms with Crippen molar-refractivity contribution in [1.82, 2.24) is 14.6 Å². The molecule has 0 aliphatic rings. The molecule has 2 heterocycles. The molecule has 0 saturated carbocycles. The van der Waals surface area contributed by atoms with Crippen molar-refractivity contribution in [2.24, 2.45) is 5.73 Å². The average Bonchev–Trinajstić information content (AvgIpc) is 2.47. The smallest absolute Gasteiger partial charge is 0.154 e. The van der Waals surface area contributed by atoms with E-state index in [2.05, 4.69) is 10.1 Å². The summed E-state index contributed by atoms with van der Waals surface area (Å²) in [6, 6.07) is 3.65. The van der Waals surface area contributed by atoms with E-state index < -0.39 is 0 Å². The van der Waals surface area contributed by atoms with Crippen LogP contribution in [0.1, 0.15) is 5.69 Å². The summed E-state index contributed by atoms with van der Waals surface area (Å²) in [6.45, 7) is 0. The summed E-state index contributed by atoms with van der Waals surface area (Å²) in [5.41, 5.74) is 6.87. The molecule has 2 rings (SSSR count). The van der Waals surface area contributed by atoms with Gasteiger partial charge in [0.2, 0.25) is 0 Å². The molecule has 60 valence electrons. The first-order valence-electron chi connectivity index (χ1n) is 3.37. The maximum Gasteiger partial charge on any atom is 0.154 e. The van der Waals surface area contributed by atoms with E-state index in [-0.39, 0.29) is 0 Å². The van der Waals surface area contributed by atoms with E-state index in [0.717, 1.165) is 5.65 Å². The Labute approximate surface area is 74.0 Å². The standard InChI is InChI=1S/C7H6N4S/c8-7(12)5-4-9-6-2-1-3-10-11(5)6/h1-4H,(H2,8,12). The molecule has 0 saturated heterocycles. The van der Waals surface area contributed by atoms with Crippen LogP contribution < -0.4 is 5.73 Å². The van der Waals surface area contributed by atoms with Crippen LogP contribution in [0.3, 0.4) is 0 Å². The maximum atomic E-state index is 5.45. The SMILES string of the molecule is NC(=S)c1cnc2cccnn12. The largest absolute Gasteiger partial charge is 0.388 e. The molecule has 12 heavy (non-hydrogen) atoms. The van der Waals surface area contributed by atoms with Crippen LogP contribution >= 0.6 is 12.2 Å². The van der Waals surface area contributed by atoms with Crippen LogP contribution in [0, 0.1) is 0 Å². The zero-order chi connectivity index (χ0) is 8.55. The number of nitrogens with zero attached hydrogens (tertiary/aromatic N) is 3. The molecule has 5 heteroatoms. The minimum Gasteiger partial charge on any atom is -0.388 e. The first-order chi connectivity index (χ1) is 5.79. The van der Waals surface area contributed by atoms with Gasteiger partial charge < -0.3 is 5.73 Å². The Kier molecular flexibility index (Phi) is 1.51. The number of rotatable bonds is 1. The van der Waals surface area contributed by atoms with Gasteiger partial charge in [0, 0.05) is 6.20 Å². The molecule has 2 aromatic rings. The lowest BCUT2D eigenvalue weighted by Gasteiger charge is -1.95. The van der Waals surface area contributed by atoms with Crippen LogP contribution in [0.15, 0.2) is 24.5 Å². The van der Waals surface area contributed by atoms with Crippen molar-refractivity contribution in [3.05, 3.63) is 30.2 Å². The van der Waals surface area contributed by atoms with Crippen molar-refractivity contribution in [1.29, 1.82) is 0 Å². The van der Waals surface area contributed by atoms with E-state index >= 15 is 0 Å². The van der Waals surface area contributed by atoms with Gasteiger partial charge in [-0.05, 0) is 12.1 Å². The Balaban J connectivity index is 2.79. The fraction of sp³-hybridized carbons (Fsp3) is 0. The van der Waals surface area contributed by atoms with E-state index in [1.807, 2.05) is 12.1 Å². The Bertz CT molecular complexity index is 434. The molecule has 0 aromatic carbocycles. The predicted octanol–water partition coefficient (Wildman–Crippen LogP) is 0.364. The highest BCUT2D eigenvalue weighted by molar-refractivity contribution is 7.80. The van der Waals surface area contributed by atoms with Gasteiger partial charge in [0.05, 0.1) is 6.20 Å². The van der Waals surface area contributed by atoms with Crippen LogP contribution in [0.25, 0.3) is 5.65 Å². The molecular formula is C7H6N4S. The number of thiocarbonyl (C=S) groups is 1. The van der Waals surface area contributed by atoms with E-state index in [0.29, 0.717) is 10.7 Å². The van der Waals surface area contributed by atoms with Crippen molar-refractivity contribution >= 4 is 22.9 Å². The lowest BCUT2D eigenvalue weighted by atomic mass is 10.5. The number of hydrogen-bond acceptors (Lipinski definition) is 3. The average molecular weight is 178 g/mol. The Morgan fingerprint density at radius 3 is 3.17 bits per heavy atom. The molecule has 0 bridgehead atoms. The van der Waals surface area contributed by atoms with Crippen molar-refractivity contribution in [2.45, 2.75) is 0 Å². The zero-order valence-electron chi connectivity index (χ0n) is 6.14. The van der Waals surface area contributed by atoms with E-state index in [1.165, 1.54) is 0 Å². The Morgan fingerprint density at radius 1 is 1.58 bits per heavy atom. The number of nitrogens with two attached hydrogens (primary N) is 1. The second-order valence-electron chi connectivity index (χ2n) is 2.30. The molecule has 0 unspecified atom stereocenters. The van der Waals surface area contributed by atoms with Crippen LogP contribution in [0.2, 0.25) is 0 Å². The fourth-order valence-corrected chi connectivity index (χ4v) is 1.14. The molecule has 2 N–H and O–H groups in total. The normalized spacial score (nSPS) is 10.3. The molecule has 2 aromatic heterocycles. The van der Waals surface area contributed by atoms with Crippen LogP contribution in [0.5, 0.6) is 0 Å². The number of hydrogen-bond donors (Lipinski definition) is 1. The highest BCUT2D eigenvalue weighted by Crippen LogP contribution is 2.02. The maximum absolute atomic E-state index is 5.45. The molecular weight excluding hydrogens is 172 g/mol. The number of aromatic nitrogens is 3. The van der Waals surface area contributed by atoms with Gasteiger partial charge >= 0.3 is 0 Å². The molecule has 4 nitrogen and oxygen atoms in total. The number of fused-ring (bicyclic) bond motifs is 1. The van der Waals surface area contributed by atoms with Gasteiger partial charge in [-0.1, -0.05) is 12.2 Å². The molecule has 0 radical (unpaired) electrons. The van der Waals surface area contributed by atoms with Gasteiger partial charge in [0.15, 0.2) is 5.65 Å². The summed E-state index contributed by atoms with van der Waals surface area (Å²) in [7, 11) is 0. The van der Waals surface area contributed by atoms with Crippen molar-refractivity contribution < 1.29 is 0 Å². The van der Waals surface area contributed by atoms with Crippen LogP contribution in [-0.2, 0) is 0 Å². The van der Waals surface area contributed by atoms with Gasteiger partial charge in [-0.3, -0.25) is 0 Å². The third-order valence-electron chi connectivity index (χ3n) is 1.53. The molecule has 0 aliphatic carbocycles. The molecule has 0 fully saturated rings. The molecule has 0 aliphatic heterocycles. The second-order valence-corrected chi connectivity index (χ2v) is 2.74. The summed E-state index contributed by atoms with van der Waals surface area (Å²) in [5.74, 6) is 0. The van der Waals surface area contributed by atoms with Gasteiger partial charge in [0.25, 0.3) is 0 Å². The van der Waals surface area contributed by atoms with E-state index in [4.69, 9.17) is 18.0 Å². The molecule has 0 amide bonds. The van der Waals surface area contributed by atoms with E-state index in [1.54, 1.807) is 16.9 Å². The van der Waals surface area contributed by atoms with Crippen LogP contribution in [0.4, 0.5) is 0 Å². The second kappa shape index (κ2) is 2.53. The molecule has 0 spiro atoms. The summed E-state index contributed by atoms with van der Waals surface area (Å²) in [6.07, 6.45) is 3.28. The fourth-order valence-electron chi connectivity index (χ4n) is 0.997. The van der Waals surface area contributed by atoms with Gasteiger partial charge in [-0.2, -0.15) is 5.10 Å². The first-order valence-corrected chi connectivity index (χ1v) is 3.78. The van der Waals surface area contributed by atoms with Crippen molar-refractivity contribution in [3.8, 4) is 0 Å². The van der Waals surface area contributed by atoms with Crippen molar-refractivity contribution in [2.75, 3.05) is 0 Å². The minimum atomic E-state index is 0.307. The lowest BCUT2D eigenvalue weighted by Crippen LogP contribution is -2.13. The third-order valence-corrected chi connectivity index (χ3v) is 1.74. The molecule has 0 atom stereocenters. The topological polar surface area (TPSA) is 56.2 Å². The van der Waals surface area contributed by atoms with Gasteiger partial charge in [-0.25, -0.2) is 9.50 Å². The summed E-state index contributed by atoms with van der Waals surface area (Å²) in [4.78, 5) is 4.38. The Hall–Kier alpha value is -1.49. The highest BCUT2D eigenvalue weighted by Gasteiger charge is 2.04. The number of imidazole rings is 1. The monoisotopic (exact) mass is 178 g/mol. The quantitative estimate of drug-likeness (QED) is 0.641. The highest BCUT2D eigenvalue weighted by atomic mass is 32.1. The summed E-state index contributed by atoms with van der Waals surface area (Å²) >= 11 is 4.82. The Morgan fingerprint density at radius 2 is 2.42 bits per heavy atom. The van der Waals surface area contributed by atoms with E-state index in [9.17, 15) is 0 Å². The predicted molar refractivity (Wildman–Crippen MR) is 48.9 cm³/mol. The lowest BCUT2D eigenvalue weighted by molar-refractivity contribution is 0.926. The minimum absolute atomic E-state index is 0.307. The third kappa shape index (κ3) is 0.947. The van der Waals surface area contributed by atoms with Gasteiger partial charge in [-0.15, -0.1) is 0 Å². The first kappa shape index (κ1) is 7.17. The summed E-state index contributed by atoms with van der Waals surface area (Å²) < 4.78 is 1.61. The van der Waals surface area contributed by atoms with Crippen molar-refractivity contribution in [3.63, 3.8) is 0 Å².